The second-order valence-electron chi connectivity index (χ2n) is 4.42. The lowest BCUT2D eigenvalue weighted by Crippen LogP contribution is -2.46. The normalized spacial score (nSPS) is 26.5. The van der Waals surface area contributed by atoms with Gasteiger partial charge < -0.3 is 11.1 Å². The molecule has 0 spiro atoms. The fraction of sp³-hybridized carbons (Fsp3) is 0.538. The summed E-state index contributed by atoms with van der Waals surface area (Å²) in [5.74, 6) is 0. The molecule has 0 heterocycles. The van der Waals surface area contributed by atoms with E-state index in [-0.39, 0.29) is 0 Å². The highest BCUT2D eigenvalue weighted by atomic mass is 15.0. The number of nitrogens with one attached hydrogen (secondary N) is 1. The smallest absolute Gasteiger partial charge is 0.0222 e. The summed E-state index contributed by atoms with van der Waals surface area (Å²) in [6.07, 6.45) is 5.02. The van der Waals surface area contributed by atoms with Crippen molar-refractivity contribution in [2.24, 2.45) is 5.73 Å². The molecule has 1 aliphatic carbocycles. The van der Waals surface area contributed by atoms with Gasteiger partial charge in [0.15, 0.2) is 0 Å². The molecule has 0 amide bonds. The maximum absolute atomic E-state index is 6.08. The Hall–Kier alpha value is -0.860. The van der Waals surface area contributed by atoms with Crippen molar-refractivity contribution in [3.8, 4) is 0 Å². The molecule has 82 valence electrons. The molecule has 1 saturated carbocycles. The summed E-state index contributed by atoms with van der Waals surface area (Å²) >= 11 is 0. The average Bonchev–Trinajstić information content (AvgIpc) is 2.29. The van der Waals surface area contributed by atoms with Crippen molar-refractivity contribution in [1.29, 1.82) is 0 Å². The van der Waals surface area contributed by atoms with E-state index in [4.69, 9.17) is 5.73 Å². The fourth-order valence-electron chi connectivity index (χ4n) is 2.26. The summed E-state index contributed by atoms with van der Waals surface area (Å²) in [5, 5.41) is 3.56. The molecule has 0 radical (unpaired) electrons. The second kappa shape index (κ2) is 5.29. The van der Waals surface area contributed by atoms with Crippen LogP contribution in [-0.4, -0.2) is 12.1 Å². The number of nitrogens with two attached hydrogens (primary N) is 1. The molecule has 2 rings (SSSR count). The van der Waals surface area contributed by atoms with Crippen LogP contribution in [0.1, 0.15) is 31.2 Å². The van der Waals surface area contributed by atoms with Crippen LogP contribution in [0.2, 0.25) is 0 Å². The van der Waals surface area contributed by atoms with Gasteiger partial charge in [-0.25, -0.2) is 0 Å². The minimum absolute atomic E-state index is 0.350. The van der Waals surface area contributed by atoms with Crippen LogP contribution >= 0.6 is 0 Å². The van der Waals surface area contributed by atoms with Gasteiger partial charge in [-0.15, -0.1) is 0 Å². The van der Waals surface area contributed by atoms with E-state index in [9.17, 15) is 0 Å². The molecule has 1 aromatic rings. The van der Waals surface area contributed by atoms with Crippen molar-refractivity contribution in [2.45, 2.75) is 44.3 Å². The summed E-state index contributed by atoms with van der Waals surface area (Å²) < 4.78 is 0. The summed E-state index contributed by atoms with van der Waals surface area (Å²) in [6, 6.07) is 11.4. The molecule has 0 saturated heterocycles. The van der Waals surface area contributed by atoms with Gasteiger partial charge in [-0.3, -0.25) is 0 Å². The van der Waals surface area contributed by atoms with Crippen LogP contribution in [0.4, 0.5) is 0 Å². The van der Waals surface area contributed by atoms with Crippen molar-refractivity contribution < 1.29 is 0 Å². The van der Waals surface area contributed by atoms with E-state index < -0.39 is 0 Å². The molecule has 3 N–H and O–H groups in total. The standard InChI is InChI=1S/C13H20N2/c14-12-8-4-5-9-13(12)15-10-11-6-2-1-3-7-11/h1-3,6-7,12-13,15H,4-5,8-10,14H2. The highest BCUT2D eigenvalue weighted by Gasteiger charge is 2.20. The first kappa shape index (κ1) is 10.7. The predicted octanol–water partition coefficient (Wildman–Crippen LogP) is 2.05. The zero-order valence-electron chi connectivity index (χ0n) is 9.15. The summed E-state index contributed by atoms with van der Waals surface area (Å²) in [7, 11) is 0. The zero-order valence-corrected chi connectivity index (χ0v) is 9.15. The molecule has 0 aromatic heterocycles. The largest absolute Gasteiger partial charge is 0.326 e. The van der Waals surface area contributed by atoms with Crippen molar-refractivity contribution in [3.63, 3.8) is 0 Å². The van der Waals surface area contributed by atoms with Crippen LogP contribution in [0.5, 0.6) is 0 Å². The lowest BCUT2D eigenvalue weighted by molar-refractivity contribution is 0.326. The molecular formula is C13H20N2. The Morgan fingerprint density at radius 3 is 2.60 bits per heavy atom. The number of hydrogen-bond acceptors (Lipinski definition) is 2. The lowest BCUT2D eigenvalue weighted by atomic mass is 9.91. The van der Waals surface area contributed by atoms with E-state index in [0.717, 1.165) is 6.54 Å². The highest BCUT2D eigenvalue weighted by Crippen LogP contribution is 2.17. The molecule has 1 aromatic carbocycles. The Morgan fingerprint density at radius 1 is 1.13 bits per heavy atom. The molecule has 2 atom stereocenters. The van der Waals surface area contributed by atoms with Gasteiger partial charge in [0.05, 0.1) is 0 Å². The van der Waals surface area contributed by atoms with Gasteiger partial charge in [-0.05, 0) is 18.4 Å². The van der Waals surface area contributed by atoms with Crippen molar-refractivity contribution in [2.75, 3.05) is 0 Å². The maximum atomic E-state index is 6.08. The molecule has 0 bridgehead atoms. The van der Waals surface area contributed by atoms with Crippen LogP contribution in [0.3, 0.4) is 0 Å². The third-order valence-electron chi connectivity index (χ3n) is 3.23. The van der Waals surface area contributed by atoms with E-state index in [1.54, 1.807) is 0 Å². The first-order valence-electron chi connectivity index (χ1n) is 5.89. The van der Waals surface area contributed by atoms with Crippen LogP contribution in [0.15, 0.2) is 30.3 Å². The van der Waals surface area contributed by atoms with Crippen molar-refractivity contribution >= 4 is 0 Å². The Bertz CT molecular complexity index is 284. The topological polar surface area (TPSA) is 38.0 Å². The number of benzene rings is 1. The SMILES string of the molecule is NC1CCCCC1NCc1ccccc1. The minimum atomic E-state index is 0.350. The van der Waals surface area contributed by atoms with Gasteiger partial charge in [0.2, 0.25) is 0 Å². The Morgan fingerprint density at radius 2 is 1.87 bits per heavy atom. The first-order valence-corrected chi connectivity index (χ1v) is 5.89. The molecule has 2 heteroatoms. The first-order chi connectivity index (χ1) is 7.36. The second-order valence-corrected chi connectivity index (χ2v) is 4.42. The monoisotopic (exact) mass is 204 g/mol. The van der Waals surface area contributed by atoms with E-state index in [1.165, 1.54) is 31.2 Å². The highest BCUT2D eigenvalue weighted by molar-refractivity contribution is 5.14. The van der Waals surface area contributed by atoms with E-state index in [1.807, 2.05) is 0 Å². The van der Waals surface area contributed by atoms with Crippen LogP contribution in [-0.2, 0) is 6.54 Å². The van der Waals surface area contributed by atoms with Gasteiger partial charge in [0.1, 0.15) is 0 Å². The molecule has 2 nitrogen and oxygen atoms in total. The van der Waals surface area contributed by atoms with E-state index >= 15 is 0 Å². The molecule has 1 aliphatic rings. The van der Waals surface area contributed by atoms with Crippen LogP contribution in [0.25, 0.3) is 0 Å². The van der Waals surface area contributed by atoms with Crippen molar-refractivity contribution in [3.05, 3.63) is 35.9 Å². The quantitative estimate of drug-likeness (QED) is 0.790. The Balaban J connectivity index is 1.82. The fourth-order valence-corrected chi connectivity index (χ4v) is 2.26. The molecular weight excluding hydrogens is 184 g/mol. The van der Waals surface area contributed by atoms with Crippen LogP contribution < -0.4 is 11.1 Å². The van der Waals surface area contributed by atoms with Gasteiger partial charge in [0, 0.05) is 18.6 Å². The third-order valence-corrected chi connectivity index (χ3v) is 3.23. The number of hydrogen-bond donors (Lipinski definition) is 2. The third kappa shape index (κ3) is 3.05. The van der Waals surface area contributed by atoms with Crippen LogP contribution in [0, 0.1) is 0 Å². The Labute approximate surface area is 91.9 Å². The predicted molar refractivity (Wildman–Crippen MR) is 63.5 cm³/mol. The maximum Gasteiger partial charge on any atom is 0.0222 e. The van der Waals surface area contributed by atoms with Gasteiger partial charge >= 0.3 is 0 Å². The molecule has 1 fully saturated rings. The summed E-state index contributed by atoms with van der Waals surface area (Å²) in [6.45, 7) is 0.944. The summed E-state index contributed by atoms with van der Waals surface area (Å²) in [5.41, 5.74) is 7.42. The Kier molecular flexibility index (Phi) is 3.75. The molecule has 2 unspecified atom stereocenters. The lowest BCUT2D eigenvalue weighted by Gasteiger charge is -2.29. The van der Waals surface area contributed by atoms with Crippen molar-refractivity contribution in [1.82, 2.24) is 5.32 Å². The van der Waals surface area contributed by atoms with E-state index in [2.05, 4.69) is 35.6 Å². The molecule has 15 heavy (non-hydrogen) atoms. The number of rotatable bonds is 3. The zero-order chi connectivity index (χ0) is 10.5. The summed E-state index contributed by atoms with van der Waals surface area (Å²) in [4.78, 5) is 0. The van der Waals surface area contributed by atoms with Gasteiger partial charge in [0.25, 0.3) is 0 Å². The van der Waals surface area contributed by atoms with Gasteiger partial charge in [-0.1, -0.05) is 43.2 Å². The molecule has 0 aliphatic heterocycles. The van der Waals surface area contributed by atoms with E-state index in [0.29, 0.717) is 12.1 Å². The minimum Gasteiger partial charge on any atom is -0.326 e. The van der Waals surface area contributed by atoms with Gasteiger partial charge in [-0.2, -0.15) is 0 Å². The average molecular weight is 204 g/mol.